The van der Waals surface area contributed by atoms with Gasteiger partial charge in [-0.15, -0.1) is 11.8 Å². The van der Waals surface area contributed by atoms with Gasteiger partial charge in [-0.25, -0.2) is 4.79 Å². The molecule has 2 rings (SSSR count). The second-order valence-corrected chi connectivity index (χ2v) is 8.67. The summed E-state index contributed by atoms with van der Waals surface area (Å²) >= 11 is 1.68. The Hall–Kier alpha value is -1.49. The number of hydrogen-bond donors (Lipinski definition) is 0. The lowest BCUT2D eigenvalue weighted by Crippen LogP contribution is -2.47. The zero-order valence-electron chi connectivity index (χ0n) is 17.1. The first-order valence-electron chi connectivity index (χ1n) is 10.2. The van der Waals surface area contributed by atoms with Crippen molar-refractivity contribution in [1.29, 1.82) is 0 Å². The molecule has 1 aliphatic rings. The van der Waals surface area contributed by atoms with Crippen LogP contribution >= 0.6 is 11.8 Å². The molecule has 1 saturated heterocycles. The van der Waals surface area contributed by atoms with Gasteiger partial charge in [0.25, 0.3) is 5.91 Å². The molecule has 0 spiro atoms. The quantitative estimate of drug-likeness (QED) is 0.443. The monoisotopic (exact) mass is 391 g/mol. The SMILES string of the molecule is CCCCOC(=O)C1CSC(C(C)C)N1C(=O)c1ccc(CCCC)cc1. The molecule has 0 aliphatic carbocycles. The summed E-state index contributed by atoms with van der Waals surface area (Å²) in [6.07, 6.45) is 5.17. The van der Waals surface area contributed by atoms with Gasteiger partial charge in [-0.3, -0.25) is 4.79 Å². The lowest BCUT2D eigenvalue weighted by atomic mass is 10.0. The molecule has 1 aliphatic heterocycles. The van der Waals surface area contributed by atoms with Crippen molar-refractivity contribution < 1.29 is 14.3 Å². The van der Waals surface area contributed by atoms with Gasteiger partial charge in [0.1, 0.15) is 6.04 Å². The van der Waals surface area contributed by atoms with E-state index in [2.05, 4.69) is 27.7 Å². The molecule has 2 unspecified atom stereocenters. The van der Waals surface area contributed by atoms with Crippen molar-refractivity contribution in [3.63, 3.8) is 0 Å². The van der Waals surface area contributed by atoms with Crippen molar-refractivity contribution in [3.8, 4) is 0 Å². The van der Waals surface area contributed by atoms with Crippen LogP contribution in [-0.4, -0.2) is 40.6 Å². The third kappa shape index (κ3) is 5.74. The predicted molar refractivity (Wildman–Crippen MR) is 112 cm³/mol. The molecule has 5 heteroatoms. The van der Waals surface area contributed by atoms with E-state index >= 15 is 0 Å². The maximum Gasteiger partial charge on any atom is 0.329 e. The molecule has 0 bridgehead atoms. The van der Waals surface area contributed by atoms with Crippen molar-refractivity contribution in [2.45, 2.75) is 71.2 Å². The molecule has 0 aromatic heterocycles. The van der Waals surface area contributed by atoms with E-state index < -0.39 is 6.04 Å². The van der Waals surface area contributed by atoms with E-state index in [4.69, 9.17) is 4.74 Å². The Kier molecular flexibility index (Phi) is 8.68. The van der Waals surface area contributed by atoms with Gasteiger partial charge >= 0.3 is 5.97 Å². The summed E-state index contributed by atoms with van der Waals surface area (Å²) in [5.74, 6) is 0.537. The molecule has 0 saturated carbocycles. The molecular weight excluding hydrogens is 358 g/mol. The van der Waals surface area contributed by atoms with Crippen LogP contribution in [-0.2, 0) is 16.0 Å². The highest BCUT2D eigenvalue weighted by atomic mass is 32.2. The number of aryl methyl sites for hydroxylation is 1. The van der Waals surface area contributed by atoms with Crippen molar-refractivity contribution in [1.82, 2.24) is 4.90 Å². The first-order chi connectivity index (χ1) is 13.0. The van der Waals surface area contributed by atoms with Crippen LogP contribution in [0.2, 0.25) is 0 Å². The summed E-state index contributed by atoms with van der Waals surface area (Å²) < 4.78 is 5.43. The number of thioether (sulfide) groups is 1. The molecule has 0 N–H and O–H groups in total. The van der Waals surface area contributed by atoms with Gasteiger partial charge in [0.2, 0.25) is 0 Å². The highest BCUT2D eigenvalue weighted by molar-refractivity contribution is 8.00. The number of amides is 1. The number of nitrogens with zero attached hydrogens (tertiary/aromatic N) is 1. The average molecular weight is 392 g/mol. The Morgan fingerprint density at radius 1 is 1.15 bits per heavy atom. The van der Waals surface area contributed by atoms with Crippen molar-refractivity contribution in [2.75, 3.05) is 12.4 Å². The van der Waals surface area contributed by atoms with E-state index in [0.717, 1.165) is 32.1 Å². The fraction of sp³-hybridized carbons (Fsp3) is 0.636. The molecule has 4 nitrogen and oxygen atoms in total. The van der Waals surface area contributed by atoms with Crippen LogP contribution < -0.4 is 0 Å². The topological polar surface area (TPSA) is 46.6 Å². The summed E-state index contributed by atoms with van der Waals surface area (Å²) in [4.78, 5) is 27.6. The van der Waals surface area contributed by atoms with Crippen LogP contribution in [0.15, 0.2) is 24.3 Å². The molecular formula is C22H33NO3S. The lowest BCUT2D eigenvalue weighted by Gasteiger charge is -2.30. The smallest absolute Gasteiger partial charge is 0.329 e. The number of hydrogen-bond acceptors (Lipinski definition) is 4. The largest absolute Gasteiger partial charge is 0.464 e. The molecule has 1 fully saturated rings. The number of carbonyl (C=O) groups is 2. The van der Waals surface area contributed by atoms with Gasteiger partial charge in [-0.2, -0.15) is 0 Å². The number of unbranched alkanes of at least 4 members (excludes halogenated alkanes) is 2. The highest BCUT2D eigenvalue weighted by Gasteiger charge is 2.43. The Balaban J connectivity index is 2.15. The molecule has 1 amide bonds. The van der Waals surface area contributed by atoms with E-state index in [0.29, 0.717) is 17.9 Å². The van der Waals surface area contributed by atoms with Gasteiger partial charge in [-0.1, -0.05) is 52.7 Å². The number of esters is 1. The Morgan fingerprint density at radius 2 is 1.81 bits per heavy atom. The second kappa shape index (κ2) is 10.7. The third-order valence-corrected chi connectivity index (χ3v) is 6.49. The second-order valence-electron chi connectivity index (χ2n) is 7.52. The van der Waals surface area contributed by atoms with Crippen LogP contribution in [0, 0.1) is 5.92 Å². The maximum absolute atomic E-state index is 13.2. The summed E-state index contributed by atoms with van der Waals surface area (Å²) in [5, 5.41) is 0.000920. The summed E-state index contributed by atoms with van der Waals surface area (Å²) in [6, 6.07) is 7.36. The minimum absolute atomic E-state index is 0.000920. The van der Waals surface area contributed by atoms with Crippen LogP contribution in [0.25, 0.3) is 0 Å². The minimum Gasteiger partial charge on any atom is -0.464 e. The lowest BCUT2D eigenvalue weighted by molar-refractivity contribution is -0.148. The fourth-order valence-electron chi connectivity index (χ4n) is 3.24. The molecule has 2 atom stereocenters. The first kappa shape index (κ1) is 21.8. The van der Waals surface area contributed by atoms with Gasteiger partial charge in [0.05, 0.1) is 12.0 Å². The number of ether oxygens (including phenoxy) is 1. The summed E-state index contributed by atoms with van der Waals surface area (Å²) in [7, 11) is 0. The Morgan fingerprint density at radius 3 is 2.41 bits per heavy atom. The Labute approximate surface area is 168 Å². The average Bonchev–Trinajstić information content (AvgIpc) is 3.12. The molecule has 1 aromatic carbocycles. The summed E-state index contributed by atoms with van der Waals surface area (Å²) in [6.45, 7) is 8.85. The van der Waals surface area contributed by atoms with E-state index in [-0.39, 0.29) is 23.2 Å². The first-order valence-corrected chi connectivity index (χ1v) is 11.2. The maximum atomic E-state index is 13.2. The van der Waals surface area contributed by atoms with Crippen molar-refractivity contribution >= 4 is 23.6 Å². The standard InChI is InChI=1S/C22H33NO3S/c1-5-7-9-17-10-12-18(13-11-17)20(24)23-19(15-27-21(23)16(3)4)22(25)26-14-8-6-2/h10-13,16,19,21H,5-9,14-15H2,1-4H3. The minimum atomic E-state index is -0.494. The van der Waals surface area contributed by atoms with Crippen molar-refractivity contribution in [2.24, 2.45) is 5.92 Å². The normalized spacial score (nSPS) is 19.5. The van der Waals surface area contributed by atoms with Crippen molar-refractivity contribution in [3.05, 3.63) is 35.4 Å². The number of benzene rings is 1. The van der Waals surface area contributed by atoms with Crippen LogP contribution in [0.5, 0.6) is 0 Å². The van der Waals surface area contributed by atoms with Crippen LogP contribution in [0.3, 0.4) is 0 Å². The van der Waals surface area contributed by atoms with Gasteiger partial charge < -0.3 is 9.64 Å². The molecule has 150 valence electrons. The third-order valence-electron chi connectivity index (χ3n) is 4.87. The van der Waals surface area contributed by atoms with Gasteiger partial charge in [-0.05, 0) is 42.9 Å². The molecule has 1 heterocycles. The van der Waals surface area contributed by atoms with Crippen LogP contribution in [0.4, 0.5) is 0 Å². The van der Waals surface area contributed by atoms with E-state index in [1.165, 1.54) is 5.56 Å². The molecule has 27 heavy (non-hydrogen) atoms. The van der Waals surface area contributed by atoms with E-state index in [1.54, 1.807) is 16.7 Å². The van der Waals surface area contributed by atoms with Gasteiger partial charge in [0, 0.05) is 11.3 Å². The zero-order chi connectivity index (χ0) is 19.8. The summed E-state index contributed by atoms with van der Waals surface area (Å²) in [5.41, 5.74) is 1.90. The number of carbonyl (C=O) groups excluding carboxylic acids is 2. The van der Waals surface area contributed by atoms with Crippen LogP contribution in [0.1, 0.15) is 69.3 Å². The molecule has 1 aromatic rings. The zero-order valence-corrected chi connectivity index (χ0v) is 17.9. The number of rotatable bonds is 9. The van der Waals surface area contributed by atoms with E-state index in [1.807, 2.05) is 24.3 Å². The molecule has 0 radical (unpaired) electrons. The van der Waals surface area contributed by atoms with Gasteiger partial charge in [0.15, 0.2) is 0 Å². The Bertz CT molecular complexity index is 614. The fourth-order valence-corrected chi connectivity index (χ4v) is 4.70. The predicted octanol–water partition coefficient (Wildman–Crippen LogP) is 4.91. The van der Waals surface area contributed by atoms with E-state index in [9.17, 15) is 9.59 Å². The highest BCUT2D eigenvalue weighted by Crippen LogP contribution is 2.35.